The van der Waals surface area contributed by atoms with Gasteiger partial charge in [0.2, 0.25) is 0 Å². The Labute approximate surface area is 209 Å². The number of aryl methyl sites for hydroxylation is 1. The maximum atomic E-state index is 12.0. The van der Waals surface area contributed by atoms with E-state index in [1.54, 1.807) is 6.92 Å². The summed E-state index contributed by atoms with van der Waals surface area (Å²) in [5.74, 6) is 0.0633. The average Bonchev–Trinajstić information content (AvgIpc) is 3.16. The number of thiocarbonyl (C=S) groups is 1. The Hall–Kier alpha value is -3.27. The number of carbonyl (C=O) groups excluding carboxylic acids is 1. The van der Waals surface area contributed by atoms with Crippen molar-refractivity contribution < 1.29 is 4.79 Å². The third kappa shape index (κ3) is 4.06. The SMILES string of the molecule is CCn1c2ccc(C(C)=O)cc2c2cc(C(=S)c3ccc(Cc4ccccc4)cc3Cl)ccc21. The lowest BCUT2D eigenvalue weighted by molar-refractivity contribution is 0.101. The predicted octanol–water partition coefficient (Wildman–Crippen LogP) is 8.03. The van der Waals surface area contributed by atoms with Crippen LogP contribution in [0.1, 0.15) is 46.5 Å². The maximum Gasteiger partial charge on any atom is 0.159 e. The zero-order valence-electron chi connectivity index (χ0n) is 19.1. The van der Waals surface area contributed by atoms with E-state index in [4.69, 9.17) is 23.8 Å². The van der Waals surface area contributed by atoms with E-state index >= 15 is 0 Å². The molecule has 0 fully saturated rings. The molecule has 2 nitrogen and oxygen atoms in total. The van der Waals surface area contributed by atoms with E-state index < -0.39 is 0 Å². The minimum Gasteiger partial charge on any atom is -0.341 e. The van der Waals surface area contributed by atoms with E-state index in [0.29, 0.717) is 10.6 Å². The normalized spacial score (nSPS) is 11.3. The topological polar surface area (TPSA) is 22.0 Å². The minimum absolute atomic E-state index is 0.0633. The number of hydrogen-bond acceptors (Lipinski definition) is 2. The molecule has 168 valence electrons. The van der Waals surface area contributed by atoms with Crippen molar-refractivity contribution in [3.8, 4) is 0 Å². The Kier molecular flexibility index (Phi) is 6.07. The number of halogens is 1. The molecule has 0 aliphatic rings. The maximum absolute atomic E-state index is 12.0. The number of aromatic nitrogens is 1. The van der Waals surface area contributed by atoms with E-state index in [2.05, 4.69) is 47.9 Å². The van der Waals surface area contributed by atoms with Gasteiger partial charge in [-0.3, -0.25) is 4.79 Å². The first-order chi connectivity index (χ1) is 16.5. The van der Waals surface area contributed by atoms with E-state index in [9.17, 15) is 4.79 Å². The van der Waals surface area contributed by atoms with Crippen LogP contribution >= 0.6 is 23.8 Å². The number of hydrogen-bond donors (Lipinski definition) is 0. The van der Waals surface area contributed by atoms with E-state index in [-0.39, 0.29) is 5.78 Å². The number of fused-ring (bicyclic) bond motifs is 3. The smallest absolute Gasteiger partial charge is 0.159 e. The van der Waals surface area contributed by atoms with Gasteiger partial charge in [-0.25, -0.2) is 0 Å². The van der Waals surface area contributed by atoms with Crippen LogP contribution in [0.25, 0.3) is 21.8 Å². The number of rotatable bonds is 6. The van der Waals surface area contributed by atoms with Crippen molar-refractivity contribution in [2.45, 2.75) is 26.8 Å². The van der Waals surface area contributed by atoms with Crippen LogP contribution in [0.2, 0.25) is 5.02 Å². The third-order valence-corrected chi connectivity index (χ3v) is 7.15. The second-order valence-electron chi connectivity index (χ2n) is 8.57. The number of ketones is 1. The fraction of sp³-hybridized carbons (Fsp3) is 0.133. The van der Waals surface area contributed by atoms with Crippen molar-refractivity contribution in [3.05, 3.63) is 118 Å². The largest absolute Gasteiger partial charge is 0.341 e. The van der Waals surface area contributed by atoms with Crippen LogP contribution in [0, 0.1) is 0 Å². The first kappa shape index (κ1) is 22.5. The molecule has 0 amide bonds. The molecular formula is C30H24ClNOS. The summed E-state index contributed by atoms with van der Waals surface area (Å²) in [4.78, 5) is 12.7. The molecule has 0 aliphatic carbocycles. The van der Waals surface area contributed by atoms with Crippen molar-refractivity contribution in [3.63, 3.8) is 0 Å². The monoisotopic (exact) mass is 481 g/mol. The molecular weight excluding hydrogens is 458 g/mol. The van der Waals surface area contributed by atoms with E-state index in [1.807, 2.05) is 48.5 Å². The lowest BCUT2D eigenvalue weighted by Gasteiger charge is -2.10. The van der Waals surface area contributed by atoms with Crippen LogP contribution in [0.5, 0.6) is 0 Å². The number of carbonyl (C=O) groups is 1. The van der Waals surface area contributed by atoms with Crippen molar-refractivity contribution in [1.82, 2.24) is 4.57 Å². The Bertz CT molecular complexity index is 1570. The molecule has 1 heterocycles. The highest BCUT2D eigenvalue weighted by Crippen LogP contribution is 2.32. The van der Waals surface area contributed by atoms with Crippen LogP contribution in [0.4, 0.5) is 0 Å². The summed E-state index contributed by atoms with van der Waals surface area (Å²) < 4.78 is 2.27. The Morgan fingerprint density at radius 3 is 2.09 bits per heavy atom. The molecule has 0 atom stereocenters. The molecule has 0 N–H and O–H groups in total. The number of nitrogens with zero attached hydrogens (tertiary/aromatic N) is 1. The summed E-state index contributed by atoms with van der Waals surface area (Å²) in [6.45, 7) is 4.58. The Balaban J connectivity index is 1.55. The van der Waals surface area contributed by atoms with Crippen LogP contribution in [-0.4, -0.2) is 15.2 Å². The van der Waals surface area contributed by atoms with Gasteiger partial charge in [-0.1, -0.05) is 72.3 Å². The van der Waals surface area contributed by atoms with Gasteiger partial charge < -0.3 is 4.57 Å². The molecule has 0 saturated heterocycles. The van der Waals surface area contributed by atoms with Crippen LogP contribution in [-0.2, 0) is 13.0 Å². The average molecular weight is 482 g/mol. The Morgan fingerprint density at radius 2 is 1.47 bits per heavy atom. The summed E-state index contributed by atoms with van der Waals surface area (Å²) in [7, 11) is 0. The summed E-state index contributed by atoms with van der Waals surface area (Å²) in [5, 5.41) is 2.82. The summed E-state index contributed by atoms with van der Waals surface area (Å²) >= 11 is 12.6. The molecule has 0 aliphatic heterocycles. The quantitative estimate of drug-likeness (QED) is 0.181. The molecule has 0 bridgehead atoms. The summed E-state index contributed by atoms with van der Waals surface area (Å²) in [6.07, 6.45) is 0.828. The second-order valence-corrected chi connectivity index (χ2v) is 9.39. The molecule has 5 rings (SSSR count). The lowest BCUT2D eigenvalue weighted by Crippen LogP contribution is -2.02. The van der Waals surface area contributed by atoms with Crippen molar-refractivity contribution in [1.29, 1.82) is 0 Å². The molecule has 0 spiro atoms. The fourth-order valence-electron chi connectivity index (χ4n) is 4.64. The Morgan fingerprint density at radius 1 is 0.824 bits per heavy atom. The lowest BCUT2D eigenvalue weighted by atomic mass is 9.98. The first-order valence-electron chi connectivity index (χ1n) is 11.4. The van der Waals surface area contributed by atoms with Gasteiger partial charge in [0.15, 0.2) is 5.78 Å². The van der Waals surface area contributed by atoms with Crippen LogP contribution in [0.3, 0.4) is 0 Å². The van der Waals surface area contributed by atoms with Crippen LogP contribution < -0.4 is 0 Å². The molecule has 0 unspecified atom stereocenters. The molecule has 4 aromatic carbocycles. The van der Waals surface area contributed by atoms with Crippen LogP contribution in [0.15, 0.2) is 84.9 Å². The zero-order chi connectivity index (χ0) is 23.8. The highest BCUT2D eigenvalue weighted by Gasteiger charge is 2.15. The summed E-state index contributed by atoms with van der Waals surface area (Å²) in [5.41, 5.74) is 7.17. The number of Topliss-reactive ketones (excluding diaryl/α,β-unsaturated/α-hetero) is 1. The van der Waals surface area contributed by atoms with Crippen molar-refractivity contribution in [2.75, 3.05) is 0 Å². The van der Waals surface area contributed by atoms with Gasteiger partial charge >= 0.3 is 0 Å². The first-order valence-corrected chi connectivity index (χ1v) is 12.2. The third-order valence-electron chi connectivity index (χ3n) is 6.38. The van der Waals surface area contributed by atoms with E-state index in [0.717, 1.165) is 56.3 Å². The molecule has 0 saturated carbocycles. The highest BCUT2D eigenvalue weighted by atomic mass is 35.5. The van der Waals surface area contributed by atoms with Gasteiger partial charge in [0.1, 0.15) is 0 Å². The van der Waals surface area contributed by atoms with Crippen molar-refractivity contribution >= 4 is 56.3 Å². The molecule has 5 aromatic rings. The molecule has 1 aromatic heterocycles. The molecule has 0 radical (unpaired) electrons. The summed E-state index contributed by atoms with van der Waals surface area (Å²) in [6, 6.07) is 28.7. The van der Waals surface area contributed by atoms with Gasteiger partial charge in [-0.2, -0.15) is 0 Å². The fourth-order valence-corrected chi connectivity index (χ4v) is 5.30. The zero-order valence-corrected chi connectivity index (χ0v) is 20.7. The van der Waals surface area contributed by atoms with Crippen molar-refractivity contribution in [2.24, 2.45) is 0 Å². The minimum atomic E-state index is 0.0633. The van der Waals surface area contributed by atoms with Gasteiger partial charge in [0, 0.05) is 44.5 Å². The second kappa shape index (κ2) is 9.17. The highest BCUT2D eigenvalue weighted by molar-refractivity contribution is 7.81. The predicted molar refractivity (Wildman–Crippen MR) is 147 cm³/mol. The standard InChI is InChI=1S/C30H24ClNOS/c1-3-32-28-13-10-22(19(2)33)17-25(28)26-18-23(11-14-29(26)32)30(34)24-12-9-21(16-27(24)31)15-20-7-5-4-6-8-20/h4-14,16-18H,3,15H2,1-2H3. The van der Waals surface area contributed by atoms with Gasteiger partial charge in [-0.15, -0.1) is 0 Å². The van der Waals surface area contributed by atoms with Gasteiger partial charge in [0.05, 0.1) is 4.86 Å². The van der Waals surface area contributed by atoms with E-state index in [1.165, 1.54) is 5.56 Å². The van der Waals surface area contributed by atoms with Gasteiger partial charge in [0.25, 0.3) is 0 Å². The molecule has 34 heavy (non-hydrogen) atoms. The molecule has 4 heteroatoms. The van der Waals surface area contributed by atoms with Gasteiger partial charge in [-0.05, 0) is 73.4 Å². The number of benzene rings is 4.